The van der Waals surface area contributed by atoms with Crippen LogP contribution in [0.2, 0.25) is 0 Å². The van der Waals surface area contributed by atoms with Crippen LogP contribution in [-0.2, 0) is 16.1 Å². The summed E-state index contributed by atoms with van der Waals surface area (Å²) in [6.07, 6.45) is -0.304. The highest BCUT2D eigenvalue weighted by molar-refractivity contribution is 9.10. The number of carboxylic acids is 1. The Bertz CT molecular complexity index is 892. The van der Waals surface area contributed by atoms with Crippen molar-refractivity contribution in [3.63, 3.8) is 0 Å². The van der Waals surface area contributed by atoms with E-state index in [-0.39, 0.29) is 18.9 Å². The summed E-state index contributed by atoms with van der Waals surface area (Å²) >= 11 is 4.42. The van der Waals surface area contributed by atoms with Gasteiger partial charge >= 0.3 is 5.97 Å². The number of anilines is 1. The molecule has 1 aliphatic heterocycles. The number of para-hydroxylation sites is 1. The lowest BCUT2D eigenvalue weighted by Crippen LogP contribution is -2.41. The molecule has 0 saturated carbocycles. The fourth-order valence-electron chi connectivity index (χ4n) is 2.89. The molecule has 8 heteroatoms. The summed E-state index contributed by atoms with van der Waals surface area (Å²) in [7, 11) is 0. The van der Waals surface area contributed by atoms with Crippen molar-refractivity contribution in [1.29, 1.82) is 0 Å². The number of ether oxygens (including phenoxy) is 1. The van der Waals surface area contributed by atoms with Crippen LogP contribution < -0.4 is 9.64 Å². The molecule has 5 nitrogen and oxygen atoms in total. The van der Waals surface area contributed by atoms with Gasteiger partial charge in [-0.15, -0.1) is 11.8 Å². The monoisotopic (exact) mass is 453 g/mol. The van der Waals surface area contributed by atoms with Gasteiger partial charge in [-0.1, -0.05) is 28.1 Å². The summed E-state index contributed by atoms with van der Waals surface area (Å²) in [4.78, 5) is 26.4. The van der Waals surface area contributed by atoms with Crippen LogP contribution in [0.25, 0.3) is 0 Å². The molecule has 1 heterocycles. The summed E-state index contributed by atoms with van der Waals surface area (Å²) in [5.41, 5.74) is 0.892. The molecule has 0 bridgehead atoms. The minimum atomic E-state index is -1.06. The van der Waals surface area contributed by atoms with Crippen LogP contribution in [0.5, 0.6) is 5.75 Å². The van der Waals surface area contributed by atoms with Gasteiger partial charge in [0.2, 0.25) is 5.91 Å². The Morgan fingerprint density at radius 2 is 2.15 bits per heavy atom. The van der Waals surface area contributed by atoms with Crippen molar-refractivity contribution in [2.45, 2.75) is 30.0 Å². The van der Waals surface area contributed by atoms with Gasteiger partial charge < -0.3 is 14.7 Å². The largest absolute Gasteiger partial charge is 0.492 e. The van der Waals surface area contributed by atoms with Crippen molar-refractivity contribution in [2.75, 3.05) is 11.5 Å². The van der Waals surface area contributed by atoms with Crippen LogP contribution >= 0.6 is 27.7 Å². The fourth-order valence-corrected chi connectivity index (χ4v) is 4.46. The van der Waals surface area contributed by atoms with Crippen LogP contribution in [-0.4, -0.2) is 28.8 Å². The number of nitrogens with zero attached hydrogens (tertiary/aromatic N) is 1. The Balaban J connectivity index is 2.05. The topological polar surface area (TPSA) is 66.8 Å². The lowest BCUT2D eigenvalue weighted by Gasteiger charge is -2.34. The molecule has 1 atom stereocenters. The van der Waals surface area contributed by atoms with Gasteiger partial charge in [-0.3, -0.25) is 9.59 Å². The van der Waals surface area contributed by atoms with E-state index >= 15 is 0 Å². The van der Waals surface area contributed by atoms with Gasteiger partial charge in [0.25, 0.3) is 0 Å². The van der Waals surface area contributed by atoms with Crippen LogP contribution in [0.3, 0.4) is 0 Å². The Labute approximate surface area is 168 Å². The maximum absolute atomic E-state index is 14.4. The van der Waals surface area contributed by atoms with E-state index in [0.717, 1.165) is 4.90 Å². The number of halogens is 2. The molecule has 0 aliphatic carbocycles. The van der Waals surface area contributed by atoms with Crippen LogP contribution in [0.15, 0.2) is 45.8 Å². The second-order valence-corrected chi connectivity index (χ2v) is 8.06. The average Bonchev–Trinajstić information content (AvgIpc) is 2.60. The van der Waals surface area contributed by atoms with Gasteiger partial charge in [-0.2, -0.15) is 0 Å². The minimum absolute atomic E-state index is 0.00822. The zero-order chi connectivity index (χ0) is 19.6. The van der Waals surface area contributed by atoms with E-state index in [2.05, 4.69) is 15.9 Å². The fraction of sp³-hybridized carbons (Fsp3) is 0.263. The van der Waals surface area contributed by atoms with Crippen molar-refractivity contribution < 1.29 is 23.8 Å². The quantitative estimate of drug-likeness (QED) is 0.698. The van der Waals surface area contributed by atoms with Crippen LogP contribution in [0, 0.1) is 5.82 Å². The third-order valence-electron chi connectivity index (χ3n) is 4.05. The first-order valence-electron chi connectivity index (χ1n) is 8.30. The first-order chi connectivity index (χ1) is 12.9. The van der Waals surface area contributed by atoms with E-state index in [4.69, 9.17) is 9.84 Å². The molecule has 0 fully saturated rings. The predicted octanol–water partition coefficient (Wildman–Crippen LogP) is 4.47. The Morgan fingerprint density at radius 3 is 2.81 bits per heavy atom. The van der Waals surface area contributed by atoms with Crippen molar-refractivity contribution in [3.8, 4) is 5.75 Å². The molecule has 2 aromatic rings. The van der Waals surface area contributed by atoms with Crippen LogP contribution in [0.1, 0.15) is 18.9 Å². The lowest BCUT2D eigenvalue weighted by atomic mass is 10.1. The number of fused-ring (bicyclic) bond motifs is 1. The second kappa shape index (κ2) is 8.31. The van der Waals surface area contributed by atoms with E-state index in [1.807, 2.05) is 13.0 Å². The molecule has 3 rings (SSSR count). The number of thioether (sulfide) groups is 1. The standard InChI is InChI=1S/C19H17BrFNO4S/c1-2-26-14-4-3-5-15-18(14)22(19(25)16(27-15)9-17(23)24)10-11-6-7-12(20)8-13(11)21/h3-8,16H,2,9-10H2,1H3,(H,23,24). The molecular weight excluding hydrogens is 437 g/mol. The van der Waals surface area contributed by atoms with Gasteiger partial charge in [0, 0.05) is 14.9 Å². The van der Waals surface area contributed by atoms with Crippen LogP contribution in [0.4, 0.5) is 10.1 Å². The smallest absolute Gasteiger partial charge is 0.305 e. The first kappa shape index (κ1) is 19.7. The summed E-state index contributed by atoms with van der Waals surface area (Å²) in [5.74, 6) is -1.35. The molecule has 1 aliphatic rings. The molecule has 1 N–H and O–H groups in total. The summed E-state index contributed by atoms with van der Waals surface area (Å²) < 4.78 is 20.6. The van der Waals surface area contributed by atoms with E-state index < -0.39 is 17.0 Å². The Hall–Kier alpha value is -2.06. The molecule has 2 aromatic carbocycles. The Morgan fingerprint density at radius 1 is 1.37 bits per heavy atom. The summed E-state index contributed by atoms with van der Waals surface area (Å²) in [6, 6.07) is 9.99. The number of hydrogen-bond acceptors (Lipinski definition) is 4. The molecular formula is C19H17BrFNO4S. The number of benzene rings is 2. The maximum atomic E-state index is 14.4. The SMILES string of the molecule is CCOc1cccc2c1N(Cc1ccc(Br)cc1F)C(=O)C(CC(=O)O)S2. The van der Waals surface area contributed by atoms with E-state index in [9.17, 15) is 14.0 Å². The van der Waals surface area contributed by atoms with Crippen molar-refractivity contribution in [1.82, 2.24) is 0 Å². The predicted molar refractivity (Wildman–Crippen MR) is 105 cm³/mol. The molecule has 27 heavy (non-hydrogen) atoms. The minimum Gasteiger partial charge on any atom is -0.492 e. The molecule has 0 spiro atoms. The lowest BCUT2D eigenvalue weighted by molar-refractivity contribution is -0.138. The van der Waals surface area contributed by atoms with Crippen molar-refractivity contribution >= 4 is 45.3 Å². The zero-order valence-electron chi connectivity index (χ0n) is 14.4. The van der Waals surface area contributed by atoms with E-state index in [0.29, 0.717) is 28.1 Å². The molecule has 1 unspecified atom stereocenters. The van der Waals surface area contributed by atoms with Gasteiger partial charge in [0.1, 0.15) is 17.3 Å². The van der Waals surface area contributed by atoms with Gasteiger partial charge in [-0.25, -0.2) is 4.39 Å². The van der Waals surface area contributed by atoms with Gasteiger partial charge in [0.05, 0.1) is 24.8 Å². The highest BCUT2D eigenvalue weighted by Gasteiger charge is 2.37. The Kier molecular flexibility index (Phi) is 6.06. The number of amides is 1. The maximum Gasteiger partial charge on any atom is 0.305 e. The number of aliphatic carboxylic acids is 1. The number of carboxylic acid groups (broad SMARTS) is 1. The first-order valence-corrected chi connectivity index (χ1v) is 9.97. The van der Waals surface area contributed by atoms with Crippen molar-refractivity contribution in [3.05, 3.63) is 52.3 Å². The normalized spacial score (nSPS) is 16.2. The number of carbonyl (C=O) groups is 2. The number of rotatable bonds is 6. The van der Waals surface area contributed by atoms with E-state index in [1.54, 1.807) is 24.3 Å². The molecule has 1 amide bonds. The molecule has 0 aromatic heterocycles. The van der Waals surface area contributed by atoms with Crippen molar-refractivity contribution in [2.24, 2.45) is 0 Å². The zero-order valence-corrected chi connectivity index (χ0v) is 16.8. The van der Waals surface area contributed by atoms with E-state index in [1.165, 1.54) is 22.7 Å². The average molecular weight is 454 g/mol. The third-order valence-corrected chi connectivity index (χ3v) is 5.78. The number of hydrogen-bond donors (Lipinski definition) is 1. The molecule has 142 valence electrons. The summed E-state index contributed by atoms with van der Waals surface area (Å²) in [5, 5.41) is 8.37. The molecule has 0 radical (unpaired) electrons. The van der Waals surface area contributed by atoms with Gasteiger partial charge in [0.15, 0.2) is 0 Å². The third kappa shape index (κ3) is 4.27. The molecule has 0 saturated heterocycles. The highest BCUT2D eigenvalue weighted by Crippen LogP contribution is 2.46. The second-order valence-electron chi connectivity index (χ2n) is 5.90. The summed E-state index contributed by atoms with van der Waals surface area (Å²) in [6.45, 7) is 2.24. The van der Waals surface area contributed by atoms with Gasteiger partial charge in [-0.05, 0) is 31.2 Å². The highest BCUT2D eigenvalue weighted by atomic mass is 79.9. The number of carbonyl (C=O) groups excluding carboxylic acids is 1.